The van der Waals surface area contributed by atoms with Gasteiger partial charge in [-0.25, -0.2) is 8.78 Å². The average molecular weight is 528 g/mol. The standard InChI is InChI=1S/C25H25Cl2F2NO5/c26-18-3-1-16(9-20(18)28)34-13-15(31)11-24-5-7-25(8-6-24,22(32)12-24)30-23(33)14-35-17-2-4-19(27)21(29)10-17/h1-4,9-10,22,32H,5-8,11-14H2,(H,30,33)/t22-,24?,25?/m0/s1. The van der Waals surface area contributed by atoms with E-state index in [1.54, 1.807) is 0 Å². The molecule has 2 bridgehead atoms. The molecule has 3 aliphatic rings. The van der Waals surface area contributed by atoms with Crippen molar-refractivity contribution >= 4 is 34.9 Å². The molecule has 0 aliphatic heterocycles. The van der Waals surface area contributed by atoms with Crippen LogP contribution in [0.25, 0.3) is 0 Å². The molecule has 1 amide bonds. The SMILES string of the molecule is O=C(COc1ccc(Cl)c(F)c1)CC12CCC(NC(=O)COc3ccc(Cl)c(F)c3)(CC1)[C@@H](O)C2. The third-order valence-electron chi connectivity index (χ3n) is 6.98. The van der Waals surface area contributed by atoms with E-state index >= 15 is 0 Å². The fourth-order valence-corrected chi connectivity index (χ4v) is 5.29. The van der Waals surface area contributed by atoms with Gasteiger partial charge in [0.2, 0.25) is 0 Å². The molecule has 0 saturated heterocycles. The van der Waals surface area contributed by atoms with E-state index < -0.39 is 29.2 Å². The number of hydrogen-bond donors (Lipinski definition) is 2. The van der Waals surface area contributed by atoms with Crippen molar-refractivity contribution < 1.29 is 33.0 Å². The van der Waals surface area contributed by atoms with E-state index in [4.69, 9.17) is 32.7 Å². The van der Waals surface area contributed by atoms with E-state index in [0.29, 0.717) is 32.1 Å². The van der Waals surface area contributed by atoms with Crippen LogP contribution in [0.3, 0.4) is 0 Å². The molecule has 2 N–H and O–H groups in total. The van der Waals surface area contributed by atoms with Gasteiger partial charge in [0.25, 0.3) is 5.91 Å². The lowest BCUT2D eigenvalue weighted by Gasteiger charge is -2.56. The Labute approximate surface area is 211 Å². The van der Waals surface area contributed by atoms with Crippen LogP contribution < -0.4 is 14.8 Å². The summed E-state index contributed by atoms with van der Waals surface area (Å²) < 4.78 is 37.9. The van der Waals surface area contributed by atoms with Gasteiger partial charge in [0.05, 0.1) is 21.7 Å². The highest BCUT2D eigenvalue weighted by Gasteiger charge is 2.55. The van der Waals surface area contributed by atoms with Crippen LogP contribution in [0.15, 0.2) is 36.4 Å². The molecule has 3 saturated carbocycles. The minimum absolute atomic E-state index is 0.0259. The van der Waals surface area contributed by atoms with Crippen LogP contribution in [0.1, 0.15) is 38.5 Å². The van der Waals surface area contributed by atoms with Gasteiger partial charge in [-0.3, -0.25) is 9.59 Å². The molecule has 2 aromatic rings. The molecule has 2 aromatic carbocycles. The number of amides is 1. The Morgan fingerprint density at radius 2 is 1.49 bits per heavy atom. The van der Waals surface area contributed by atoms with Gasteiger partial charge in [0.1, 0.15) is 29.7 Å². The number of aliphatic hydroxyl groups is 1. The molecule has 6 nitrogen and oxygen atoms in total. The monoisotopic (exact) mass is 527 g/mol. The topological polar surface area (TPSA) is 84.9 Å². The second kappa shape index (κ2) is 10.3. The molecule has 3 fully saturated rings. The number of aliphatic hydroxyl groups excluding tert-OH is 1. The third kappa shape index (κ3) is 5.88. The fraction of sp³-hybridized carbons (Fsp3) is 0.440. The number of carbonyl (C=O) groups excluding carboxylic acids is 2. The summed E-state index contributed by atoms with van der Waals surface area (Å²) in [6, 6.07) is 7.89. The molecule has 0 heterocycles. The van der Waals surface area contributed by atoms with Crippen molar-refractivity contribution in [1.82, 2.24) is 5.32 Å². The van der Waals surface area contributed by atoms with Crippen molar-refractivity contribution in [3.8, 4) is 11.5 Å². The molecule has 0 unspecified atom stereocenters. The van der Waals surface area contributed by atoms with Crippen molar-refractivity contribution in [2.75, 3.05) is 13.2 Å². The number of ketones is 1. The van der Waals surface area contributed by atoms with Gasteiger partial charge in [-0.1, -0.05) is 23.2 Å². The smallest absolute Gasteiger partial charge is 0.258 e. The van der Waals surface area contributed by atoms with E-state index in [0.717, 1.165) is 12.1 Å². The molecule has 1 atom stereocenters. The van der Waals surface area contributed by atoms with Gasteiger partial charge in [0.15, 0.2) is 12.4 Å². The lowest BCUT2D eigenvalue weighted by Crippen LogP contribution is -2.65. The van der Waals surface area contributed by atoms with Gasteiger partial charge in [0, 0.05) is 18.6 Å². The molecular weight excluding hydrogens is 503 g/mol. The Bertz CT molecular complexity index is 1120. The molecule has 3 aliphatic carbocycles. The summed E-state index contributed by atoms with van der Waals surface area (Å²) in [7, 11) is 0. The molecule has 0 aromatic heterocycles. The van der Waals surface area contributed by atoms with Gasteiger partial charge >= 0.3 is 0 Å². The van der Waals surface area contributed by atoms with E-state index in [1.165, 1.54) is 24.3 Å². The first-order valence-corrected chi connectivity index (χ1v) is 12.0. The largest absolute Gasteiger partial charge is 0.486 e. The minimum atomic E-state index is -0.819. The lowest BCUT2D eigenvalue weighted by atomic mass is 9.54. The van der Waals surface area contributed by atoms with E-state index in [1.807, 2.05) is 0 Å². The number of hydrogen-bond acceptors (Lipinski definition) is 5. The maximum atomic E-state index is 13.5. The fourth-order valence-electron chi connectivity index (χ4n) is 5.06. The number of carbonyl (C=O) groups is 2. The van der Waals surface area contributed by atoms with Crippen molar-refractivity contribution in [2.24, 2.45) is 5.41 Å². The van der Waals surface area contributed by atoms with Gasteiger partial charge in [-0.2, -0.15) is 0 Å². The highest BCUT2D eigenvalue weighted by molar-refractivity contribution is 6.31. The number of nitrogens with one attached hydrogen (secondary N) is 1. The first kappa shape index (κ1) is 25.7. The predicted molar refractivity (Wildman–Crippen MR) is 126 cm³/mol. The first-order chi connectivity index (χ1) is 16.6. The molecular formula is C25H25Cl2F2NO5. The van der Waals surface area contributed by atoms with Crippen molar-refractivity contribution in [3.05, 3.63) is 58.1 Å². The highest BCUT2D eigenvalue weighted by Crippen LogP contribution is 2.54. The zero-order chi connectivity index (χ0) is 25.2. The van der Waals surface area contributed by atoms with Gasteiger partial charge < -0.3 is 19.9 Å². The Morgan fingerprint density at radius 3 is 2.00 bits per heavy atom. The van der Waals surface area contributed by atoms with Crippen LogP contribution in [-0.4, -0.2) is 41.7 Å². The predicted octanol–water partition coefficient (Wildman–Crippen LogP) is 4.87. The van der Waals surface area contributed by atoms with Gasteiger partial charge in [-0.15, -0.1) is 0 Å². The number of ether oxygens (including phenoxy) is 2. The molecule has 5 rings (SSSR count). The molecule has 35 heavy (non-hydrogen) atoms. The average Bonchev–Trinajstić information content (AvgIpc) is 2.82. The normalized spacial score (nSPS) is 25.2. The first-order valence-electron chi connectivity index (χ1n) is 11.3. The Morgan fingerprint density at radius 1 is 0.943 bits per heavy atom. The Hall–Kier alpha value is -2.42. The molecule has 188 valence electrons. The van der Waals surface area contributed by atoms with Crippen molar-refractivity contribution in [3.63, 3.8) is 0 Å². The summed E-state index contributed by atoms with van der Waals surface area (Å²) in [6.45, 7) is -0.536. The minimum Gasteiger partial charge on any atom is -0.486 e. The summed E-state index contributed by atoms with van der Waals surface area (Å²) in [4.78, 5) is 25.1. The zero-order valence-electron chi connectivity index (χ0n) is 18.8. The quantitative estimate of drug-likeness (QED) is 0.486. The summed E-state index contributed by atoms with van der Waals surface area (Å²) >= 11 is 11.3. The van der Waals surface area contributed by atoms with Crippen LogP contribution >= 0.6 is 23.2 Å². The second-order valence-corrected chi connectivity index (χ2v) is 10.2. The summed E-state index contributed by atoms with van der Waals surface area (Å²) in [5.74, 6) is -1.44. The van der Waals surface area contributed by atoms with Crippen molar-refractivity contribution in [1.29, 1.82) is 0 Å². The van der Waals surface area contributed by atoms with Crippen LogP contribution in [0, 0.1) is 17.0 Å². The lowest BCUT2D eigenvalue weighted by molar-refractivity contribution is -0.140. The maximum absolute atomic E-state index is 13.5. The number of benzene rings is 2. The molecule has 10 heteroatoms. The van der Waals surface area contributed by atoms with Gasteiger partial charge in [-0.05, 0) is 61.8 Å². The summed E-state index contributed by atoms with van der Waals surface area (Å²) in [5, 5.41) is 13.7. The van der Waals surface area contributed by atoms with Crippen molar-refractivity contribution in [2.45, 2.75) is 50.2 Å². The van der Waals surface area contributed by atoms with Crippen LogP contribution in [0.5, 0.6) is 11.5 Å². The third-order valence-corrected chi connectivity index (χ3v) is 7.59. The van der Waals surface area contributed by atoms with Crippen LogP contribution in [0.2, 0.25) is 10.0 Å². The number of Topliss-reactive ketones (excluding diaryl/α,β-unsaturated/α-hetero) is 1. The number of rotatable bonds is 9. The summed E-state index contributed by atoms with van der Waals surface area (Å²) in [5.41, 5.74) is -1.15. The number of fused-ring (bicyclic) bond motifs is 3. The zero-order valence-corrected chi connectivity index (χ0v) is 20.3. The number of halogens is 4. The van der Waals surface area contributed by atoms with Crippen LogP contribution in [-0.2, 0) is 9.59 Å². The second-order valence-electron chi connectivity index (χ2n) is 9.37. The summed E-state index contributed by atoms with van der Waals surface area (Å²) in [6.07, 6.45) is 2.15. The highest BCUT2D eigenvalue weighted by atomic mass is 35.5. The van der Waals surface area contributed by atoms with E-state index in [2.05, 4.69) is 5.32 Å². The Kier molecular flexibility index (Phi) is 7.54. The molecule has 0 spiro atoms. The van der Waals surface area contributed by atoms with E-state index in [-0.39, 0.29) is 52.4 Å². The van der Waals surface area contributed by atoms with E-state index in [9.17, 15) is 23.5 Å². The molecule has 0 radical (unpaired) electrons. The van der Waals surface area contributed by atoms with Crippen LogP contribution in [0.4, 0.5) is 8.78 Å². The Balaban J connectivity index is 1.28. The maximum Gasteiger partial charge on any atom is 0.258 e.